The first-order valence-electron chi connectivity index (χ1n) is 2.60. The summed E-state index contributed by atoms with van der Waals surface area (Å²) in [5, 5.41) is 1.47. The largest absolute Gasteiger partial charge is 0.175 e. The third-order valence-corrected chi connectivity index (χ3v) is 3.57. The summed E-state index contributed by atoms with van der Waals surface area (Å²) in [5.74, 6) is 1.31. The van der Waals surface area contributed by atoms with Crippen LogP contribution in [0.2, 0.25) is 0 Å². The average Bonchev–Trinajstić information content (AvgIpc) is 1.91. The van der Waals surface area contributed by atoms with Crippen molar-refractivity contribution in [1.29, 1.82) is 0 Å². The van der Waals surface area contributed by atoms with Gasteiger partial charge in [0.25, 0.3) is 0 Å². The van der Waals surface area contributed by atoms with E-state index in [0.717, 1.165) is 5.25 Å². The molecule has 2 unspecified atom stereocenters. The molecule has 0 amide bonds. The van der Waals surface area contributed by atoms with Gasteiger partial charge in [-0.25, -0.2) is 0 Å². The highest BCUT2D eigenvalue weighted by Crippen LogP contribution is 2.29. The van der Waals surface area contributed by atoms with Crippen LogP contribution in [0.1, 0.15) is 13.3 Å². The molecule has 1 saturated heterocycles. The van der Waals surface area contributed by atoms with E-state index >= 15 is 0 Å². The molecule has 0 nitrogen and oxygen atoms in total. The van der Waals surface area contributed by atoms with Gasteiger partial charge in [-0.1, -0.05) is 6.92 Å². The van der Waals surface area contributed by atoms with Gasteiger partial charge in [-0.05, 0) is 12.2 Å². The van der Waals surface area contributed by atoms with Crippen LogP contribution in [0.25, 0.3) is 0 Å². The zero-order chi connectivity index (χ0) is 5.28. The van der Waals surface area contributed by atoms with Gasteiger partial charge in [0.15, 0.2) is 0 Å². The quantitative estimate of drug-likeness (QED) is 0.493. The van der Waals surface area contributed by atoms with Crippen LogP contribution in [-0.4, -0.2) is 16.3 Å². The van der Waals surface area contributed by atoms with E-state index < -0.39 is 0 Å². The zero-order valence-electron chi connectivity index (χ0n) is 4.42. The first kappa shape index (κ1) is 5.83. The molecular weight excluding hydrogens is 124 g/mol. The van der Waals surface area contributed by atoms with Gasteiger partial charge in [-0.15, -0.1) is 0 Å². The highest BCUT2D eigenvalue weighted by atomic mass is 32.2. The molecule has 2 atom stereocenters. The second kappa shape index (κ2) is 2.31. The van der Waals surface area contributed by atoms with Gasteiger partial charge in [0.05, 0.1) is 0 Å². The molecule has 1 rings (SSSR count). The number of thiol groups is 1. The van der Waals surface area contributed by atoms with Crippen LogP contribution in [0.3, 0.4) is 0 Å². The molecule has 0 spiro atoms. The summed E-state index contributed by atoms with van der Waals surface area (Å²) in [6.07, 6.45) is 1.30. The Morgan fingerprint density at radius 2 is 2.43 bits per heavy atom. The third-order valence-electron chi connectivity index (χ3n) is 1.34. The Kier molecular flexibility index (Phi) is 1.93. The summed E-state index contributed by atoms with van der Waals surface area (Å²) in [7, 11) is 0. The fourth-order valence-corrected chi connectivity index (χ4v) is 2.40. The van der Waals surface area contributed by atoms with Crippen molar-refractivity contribution in [2.45, 2.75) is 23.8 Å². The van der Waals surface area contributed by atoms with Crippen molar-refractivity contribution in [1.82, 2.24) is 0 Å². The van der Waals surface area contributed by atoms with Gasteiger partial charge < -0.3 is 0 Å². The Morgan fingerprint density at radius 1 is 1.71 bits per heavy atom. The molecule has 0 N–H and O–H groups in total. The van der Waals surface area contributed by atoms with E-state index in [2.05, 4.69) is 19.6 Å². The molecule has 0 saturated carbocycles. The monoisotopic (exact) mass is 134 g/mol. The Balaban J connectivity index is 2.33. The summed E-state index contributed by atoms with van der Waals surface area (Å²) in [4.78, 5) is 0. The second-order valence-electron chi connectivity index (χ2n) is 1.93. The standard InChI is InChI=1S/C5H10S2/c1-4-5(6)2-3-7-4/h4-6H,2-3H2,1H3. The van der Waals surface area contributed by atoms with Crippen LogP contribution in [-0.2, 0) is 0 Å². The lowest BCUT2D eigenvalue weighted by atomic mass is 10.3. The zero-order valence-corrected chi connectivity index (χ0v) is 6.14. The minimum atomic E-state index is 0.671. The van der Waals surface area contributed by atoms with Gasteiger partial charge in [0.1, 0.15) is 0 Å². The van der Waals surface area contributed by atoms with Crippen LogP contribution < -0.4 is 0 Å². The Morgan fingerprint density at radius 3 is 2.57 bits per heavy atom. The average molecular weight is 134 g/mol. The van der Waals surface area contributed by atoms with E-state index in [4.69, 9.17) is 0 Å². The smallest absolute Gasteiger partial charge is 0.0141 e. The number of hydrogen-bond donors (Lipinski definition) is 1. The van der Waals surface area contributed by atoms with Crippen LogP contribution in [0.15, 0.2) is 0 Å². The molecule has 1 fully saturated rings. The van der Waals surface area contributed by atoms with Crippen molar-refractivity contribution in [3.05, 3.63) is 0 Å². The molecule has 1 aliphatic heterocycles. The number of hydrogen-bond acceptors (Lipinski definition) is 2. The lowest BCUT2D eigenvalue weighted by Gasteiger charge is -2.03. The molecule has 1 heterocycles. The summed E-state index contributed by atoms with van der Waals surface area (Å²) in [6.45, 7) is 2.25. The van der Waals surface area contributed by atoms with Crippen molar-refractivity contribution in [3.8, 4) is 0 Å². The van der Waals surface area contributed by atoms with E-state index in [9.17, 15) is 0 Å². The molecule has 2 heteroatoms. The molecular formula is C5H10S2. The third kappa shape index (κ3) is 1.29. The number of rotatable bonds is 0. The summed E-state index contributed by atoms with van der Waals surface area (Å²) in [5.41, 5.74) is 0. The minimum absolute atomic E-state index is 0.671. The van der Waals surface area contributed by atoms with Gasteiger partial charge in [-0.2, -0.15) is 24.4 Å². The summed E-state index contributed by atoms with van der Waals surface area (Å²) >= 11 is 6.40. The Bertz CT molecular complexity index is 55.1. The molecule has 0 aliphatic carbocycles. The molecule has 0 bridgehead atoms. The van der Waals surface area contributed by atoms with E-state index in [1.165, 1.54) is 12.2 Å². The number of thioether (sulfide) groups is 1. The van der Waals surface area contributed by atoms with Crippen LogP contribution in [0, 0.1) is 0 Å². The predicted octanol–water partition coefficient (Wildman–Crippen LogP) is 1.81. The van der Waals surface area contributed by atoms with E-state index in [1.807, 2.05) is 11.8 Å². The fourth-order valence-electron chi connectivity index (χ4n) is 0.720. The lowest BCUT2D eigenvalue weighted by molar-refractivity contribution is 0.865. The van der Waals surface area contributed by atoms with Gasteiger partial charge >= 0.3 is 0 Å². The molecule has 0 radical (unpaired) electrons. The SMILES string of the molecule is CC1SCCC1S. The van der Waals surface area contributed by atoms with Crippen LogP contribution in [0.5, 0.6) is 0 Å². The molecule has 0 aromatic heterocycles. The first-order chi connectivity index (χ1) is 3.30. The minimum Gasteiger partial charge on any atom is -0.175 e. The summed E-state index contributed by atoms with van der Waals surface area (Å²) in [6, 6.07) is 0. The Hall–Kier alpha value is 0.700. The molecule has 0 aromatic rings. The maximum absolute atomic E-state index is 4.37. The van der Waals surface area contributed by atoms with Crippen molar-refractivity contribution >= 4 is 24.4 Å². The topological polar surface area (TPSA) is 0 Å². The predicted molar refractivity (Wildman–Crippen MR) is 39.3 cm³/mol. The highest BCUT2D eigenvalue weighted by Gasteiger charge is 2.19. The van der Waals surface area contributed by atoms with E-state index in [1.54, 1.807) is 0 Å². The van der Waals surface area contributed by atoms with Crippen LogP contribution in [0.4, 0.5) is 0 Å². The van der Waals surface area contributed by atoms with Crippen molar-refractivity contribution < 1.29 is 0 Å². The van der Waals surface area contributed by atoms with Crippen molar-refractivity contribution in [2.24, 2.45) is 0 Å². The second-order valence-corrected chi connectivity index (χ2v) is 4.08. The van der Waals surface area contributed by atoms with Crippen LogP contribution >= 0.6 is 24.4 Å². The van der Waals surface area contributed by atoms with Gasteiger partial charge in [0, 0.05) is 10.5 Å². The first-order valence-corrected chi connectivity index (χ1v) is 4.17. The van der Waals surface area contributed by atoms with Crippen molar-refractivity contribution in [2.75, 3.05) is 5.75 Å². The molecule has 7 heavy (non-hydrogen) atoms. The van der Waals surface area contributed by atoms with E-state index in [0.29, 0.717) is 5.25 Å². The fraction of sp³-hybridized carbons (Fsp3) is 1.00. The van der Waals surface area contributed by atoms with Gasteiger partial charge in [-0.3, -0.25) is 0 Å². The van der Waals surface area contributed by atoms with Crippen molar-refractivity contribution in [3.63, 3.8) is 0 Å². The lowest BCUT2D eigenvalue weighted by Crippen LogP contribution is -2.04. The molecule has 42 valence electrons. The van der Waals surface area contributed by atoms with E-state index in [-0.39, 0.29) is 0 Å². The molecule has 0 aromatic carbocycles. The highest BCUT2D eigenvalue weighted by molar-refractivity contribution is 8.01. The van der Waals surface area contributed by atoms with Gasteiger partial charge in [0.2, 0.25) is 0 Å². The molecule has 1 aliphatic rings. The normalized spacial score (nSPS) is 42.0. The Labute approximate surface area is 54.5 Å². The summed E-state index contributed by atoms with van der Waals surface area (Å²) < 4.78 is 0. The maximum Gasteiger partial charge on any atom is 0.0141 e. The maximum atomic E-state index is 4.37.